The Bertz CT molecular complexity index is 738. The number of hydrogen-bond donors (Lipinski definition) is 0. The maximum absolute atomic E-state index is 12.6. The minimum Gasteiger partial charge on any atom is -0.484 e. The number of carbonyl (C=O) groups excluding carboxylic acids is 1. The summed E-state index contributed by atoms with van der Waals surface area (Å²) in [6.45, 7) is 2.52. The predicted octanol–water partition coefficient (Wildman–Crippen LogP) is 4.13. The van der Waals surface area contributed by atoms with Crippen LogP contribution in [0.1, 0.15) is 10.4 Å². The lowest BCUT2D eigenvalue weighted by Gasteiger charge is -2.19. The van der Waals surface area contributed by atoms with Crippen LogP contribution in [-0.2, 0) is 11.3 Å². The third-order valence-corrected chi connectivity index (χ3v) is 4.69. The average Bonchev–Trinajstić information content (AvgIpc) is 3.25. The van der Waals surface area contributed by atoms with E-state index in [1.165, 1.54) is 11.5 Å². The number of ether oxygens (including phenoxy) is 1. The summed E-state index contributed by atoms with van der Waals surface area (Å²) in [5.41, 5.74) is 1.16. The number of carbonyl (C=O) groups is 1. The maximum atomic E-state index is 12.6. The molecule has 23 heavy (non-hydrogen) atoms. The zero-order chi connectivity index (χ0) is 16.1. The van der Waals surface area contributed by atoms with Crippen molar-refractivity contribution in [3.05, 3.63) is 63.7 Å². The molecule has 0 saturated heterocycles. The number of anilines is 1. The molecule has 118 valence electrons. The molecule has 0 aliphatic carbocycles. The van der Waals surface area contributed by atoms with Gasteiger partial charge in [-0.05, 0) is 48.1 Å². The van der Waals surface area contributed by atoms with Crippen LogP contribution < -0.4 is 9.64 Å². The number of aromatic nitrogens is 1. The summed E-state index contributed by atoms with van der Waals surface area (Å²) in [6.07, 6.45) is 0. The average molecular weight is 344 g/mol. The molecule has 0 spiro atoms. The number of nitrogens with zero attached hydrogens (tertiary/aromatic N) is 2. The summed E-state index contributed by atoms with van der Waals surface area (Å²) < 4.78 is 9.89. The molecule has 0 bridgehead atoms. The number of benzene rings is 1. The third kappa shape index (κ3) is 4.18. The second-order valence-corrected chi connectivity index (χ2v) is 6.72. The monoisotopic (exact) mass is 344 g/mol. The number of hydrogen-bond acceptors (Lipinski definition) is 5. The Morgan fingerprint density at radius 3 is 2.65 bits per heavy atom. The zero-order valence-corrected chi connectivity index (χ0v) is 14.3. The summed E-state index contributed by atoms with van der Waals surface area (Å²) in [7, 11) is 0. The Morgan fingerprint density at radius 1 is 1.17 bits per heavy atom. The first kappa shape index (κ1) is 15.7. The van der Waals surface area contributed by atoms with Gasteiger partial charge in [-0.2, -0.15) is 4.37 Å². The third-order valence-electron chi connectivity index (χ3n) is 3.28. The van der Waals surface area contributed by atoms with Crippen LogP contribution in [0.25, 0.3) is 0 Å². The van der Waals surface area contributed by atoms with Gasteiger partial charge in [-0.3, -0.25) is 9.69 Å². The molecule has 6 heteroatoms. The molecule has 0 aliphatic heterocycles. The molecule has 4 nitrogen and oxygen atoms in total. The fourth-order valence-electron chi connectivity index (χ4n) is 2.06. The van der Waals surface area contributed by atoms with Gasteiger partial charge in [0.15, 0.2) is 6.61 Å². The number of rotatable bonds is 6. The summed E-state index contributed by atoms with van der Waals surface area (Å²) >= 11 is 2.96. The van der Waals surface area contributed by atoms with Crippen molar-refractivity contribution in [1.29, 1.82) is 0 Å². The topological polar surface area (TPSA) is 42.4 Å². The van der Waals surface area contributed by atoms with E-state index in [1.807, 2.05) is 60.1 Å². The molecule has 2 heterocycles. The van der Waals surface area contributed by atoms with Gasteiger partial charge in [0.2, 0.25) is 0 Å². The van der Waals surface area contributed by atoms with Crippen LogP contribution in [0.5, 0.6) is 5.75 Å². The smallest absolute Gasteiger partial charge is 0.266 e. The lowest BCUT2D eigenvalue weighted by atomic mass is 10.2. The van der Waals surface area contributed by atoms with Gasteiger partial charge in [-0.15, -0.1) is 11.3 Å². The van der Waals surface area contributed by atoms with Gasteiger partial charge in [0, 0.05) is 10.3 Å². The van der Waals surface area contributed by atoms with Crippen LogP contribution in [0.2, 0.25) is 0 Å². The first-order chi connectivity index (χ1) is 11.2. The highest BCUT2D eigenvalue weighted by molar-refractivity contribution is 7.09. The minimum absolute atomic E-state index is 0.00797. The van der Waals surface area contributed by atoms with E-state index < -0.39 is 0 Å². The Labute approximate surface area is 143 Å². The molecule has 2 aromatic heterocycles. The van der Waals surface area contributed by atoms with E-state index in [-0.39, 0.29) is 12.5 Å². The molecular weight excluding hydrogens is 328 g/mol. The van der Waals surface area contributed by atoms with Crippen molar-refractivity contribution in [2.24, 2.45) is 0 Å². The van der Waals surface area contributed by atoms with Crippen LogP contribution in [-0.4, -0.2) is 16.9 Å². The highest BCUT2D eigenvalue weighted by Gasteiger charge is 2.19. The molecule has 0 atom stereocenters. The largest absolute Gasteiger partial charge is 0.484 e. The van der Waals surface area contributed by atoms with E-state index in [2.05, 4.69) is 4.37 Å². The van der Waals surface area contributed by atoms with Crippen molar-refractivity contribution in [3.8, 4) is 5.75 Å². The second-order valence-electron chi connectivity index (χ2n) is 5.02. The maximum Gasteiger partial charge on any atom is 0.266 e. The van der Waals surface area contributed by atoms with Gasteiger partial charge in [0.1, 0.15) is 11.6 Å². The normalized spacial score (nSPS) is 10.5. The lowest BCUT2D eigenvalue weighted by Crippen LogP contribution is -2.34. The predicted molar refractivity (Wildman–Crippen MR) is 94.3 cm³/mol. The van der Waals surface area contributed by atoms with Gasteiger partial charge in [0.05, 0.1) is 6.54 Å². The molecule has 0 saturated carbocycles. The van der Waals surface area contributed by atoms with Gasteiger partial charge < -0.3 is 4.74 Å². The molecule has 1 aromatic carbocycles. The summed E-state index contributed by atoms with van der Waals surface area (Å²) in [5, 5.41) is 3.87. The summed E-state index contributed by atoms with van der Waals surface area (Å²) in [6, 6.07) is 13.5. The molecule has 3 rings (SSSR count). The standard InChI is InChI=1S/C17H16N2O2S2/c1-13-4-6-14(7-5-13)21-12-17(20)19(16-8-10-23-18-16)11-15-3-2-9-22-15/h2-10H,11-12H2,1H3. The van der Waals surface area contributed by atoms with Crippen LogP contribution in [0.15, 0.2) is 53.2 Å². The van der Waals surface area contributed by atoms with Crippen molar-refractivity contribution in [2.75, 3.05) is 11.5 Å². The van der Waals surface area contributed by atoms with Crippen molar-refractivity contribution in [1.82, 2.24) is 4.37 Å². The summed E-state index contributed by atoms with van der Waals surface area (Å²) in [4.78, 5) is 15.4. The first-order valence-electron chi connectivity index (χ1n) is 7.15. The first-order valence-corrected chi connectivity index (χ1v) is 8.86. The van der Waals surface area contributed by atoms with Gasteiger partial charge in [0.25, 0.3) is 5.91 Å². The van der Waals surface area contributed by atoms with Gasteiger partial charge in [-0.1, -0.05) is 23.8 Å². The molecule has 0 unspecified atom stereocenters. The zero-order valence-electron chi connectivity index (χ0n) is 12.6. The lowest BCUT2D eigenvalue weighted by molar-refractivity contribution is -0.120. The van der Waals surface area contributed by atoms with E-state index in [9.17, 15) is 4.79 Å². The van der Waals surface area contributed by atoms with Crippen molar-refractivity contribution in [2.45, 2.75) is 13.5 Å². The van der Waals surface area contributed by atoms with Crippen LogP contribution in [0, 0.1) is 6.92 Å². The number of aryl methyl sites for hydroxylation is 1. The van der Waals surface area contributed by atoms with Crippen molar-refractivity contribution in [3.63, 3.8) is 0 Å². The molecule has 0 N–H and O–H groups in total. The van der Waals surface area contributed by atoms with Crippen LogP contribution in [0.3, 0.4) is 0 Å². The van der Waals surface area contributed by atoms with E-state index >= 15 is 0 Å². The Kier molecular flexibility index (Phi) is 5.05. The fraction of sp³-hybridized carbons (Fsp3) is 0.176. The van der Waals surface area contributed by atoms with Crippen molar-refractivity contribution < 1.29 is 9.53 Å². The molecule has 0 radical (unpaired) electrons. The molecular formula is C17H16N2O2S2. The Morgan fingerprint density at radius 2 is 2.00 bits per heavy atom. The van der Waals surface area contributed by atoms with E-state index in [0.717, 1.165) is 10.4 Å². The number of amides is 1. The quantitative estimate of drug-likeness (QED) is 0.675. The molecule has 0 fully saturated rings. The Balaban J connectivity index is 1.68. The van der Waals surface area contributed by atoms with Gasteiger partial charge >= 0.3 is 0 Å². The highest BCUT2D eigenvalue weighted by atomic mass is 32.1. The minimum atomic E-state index is -0.107. The van der Waals surface area contributed by atoms with Crippen LogP contribution >= 0.6 is 22.9 Å². The second kappa shape index (κ2) is 7.39. The van der Waals surface area contributed by atoms with E-state index in [1.54, 1.807) is 16.2 Å². The van der Waals surface area contributed by atoms with Crippen LogP contribution in [0.4, 0.5) is 5.82 Å². The van der Waals surface area contributed by atoms with Crippen molar-refractivity contribution >= 4 is 34.6 Å². The highest BCUT2D eigenvalue weighted by Crippen LogP contribution is 2.20. The molecule has 3 aromatic rings. The summed E-state index contributed by atoms with van der Waals surface area (Å²) in [5.74, 6) is 1.25. The number of thiophene rings is 1. The van der Waals surface area contributed by atoms with E-state index in [4.69, 9.17) is 4.74 Å². The molecule has 1 amide bonds. The van der Waals surface area contributed by atoms with E-state index in [0.29, 0.717) is 18.1 Å². The van der Waals surface area contributed by atoms with Gasteiger partial charge in [-0.25, -0.2) is 0 Å². The fourth-order valence-corrected chi connectivity index (χ4v) is 3.26. The SMILES string of the molecule is Cc1ccc(OCC(=O)N(Cc2cccs2)c2ccsn2)cc1. The molecule has 0 aliphatic rings. The Hall–Kier alpha value is -2.18.